The lowest BCUT2D eigenvalue weighted by molar-refractivity contribution is -0.120. The van der Waals surface area contributed by atoms with Gasteiger partial charge in [-0.1, -0.05) is 12.8 Å². The van der Waals surface area contributed by atoms with Gasteiger partial charge >= 0.3 is 0 Å². The fourth-order valence-electron chi connectivity index (χ4n) is 2.07. The van der Waals surface area contributed by atoms with E-state index in [1.807, 2.05) is 0 Å². The van der Waals surface area contributed by atoms with Crippen molar-refractivity contribution in [3.63, 3.8) is 0 Å². The van der Waals surface area contributed by atoms with Crippen LogP contribution in [0.4, 0.5) is 0 Å². The van der Waals surface area contributed by atoms with Crippen molar-refractivity contribution in [2.45, 2.75) is 38.1 Å². The van der Waals surface area contributed by atoms with Crippen LogP contribution >= 0.6 is 11.6 Å². The van der Waals surface area contributed by atoms with E-state index >= 15 is 0 Å². The monoisotopic (exact) mass is 232 g/mol. The molecule has 0 spiro atoms. The molecule has 3 nitrogen and oxygen atoms in total. The summed E-state index contributed by atoms with van der Waals surface area (Å²) in [6.07, 6.45) is 5.76. The molecule has 1 aliphatic carbocycles. The number of hydrogen-bond acceptors (Lipinski definition) is 2. The zero-order valence-electron chi connectivity index (χ0n) is 9.47. The summed E-state index contributed by atoms with van der Waals surface area (Å²) in [7, 11) is 2.14. The minimum absolute atomic E-state index is 0.0600. The summed E-state index contributed by atoms with van der Waals surface area (Å²) < 4.78 is 0. The van der Waals surface area contributed by atoms with Crippen molar-refractivity contribution in [1.82, 2.24) is 10.2 Å². The molecular weight excluding hydrogens is 212 g/mol. The predicted octanol–water partition coefficient (Wildman–Crippen LogP) is 1.61. The second kappa shape index (κ2) is 7.07. The summed E-state index contributed by atoms with van der Waals surface area (Å²) in [5.74, 6) is 0.467. The van der Waals surface area contributed by atoms with Gasteiger partial charge in [0.2, 0.25) is 5.91 Å². The van der Waals surface area contributed by atoms with Gasteiger partial charge in [-0.05, 0) is 19.9 Å². The van der Waals surface area contributed by atoms with E-state index in [4.69, 9.17) is 11.6 Å². The highest BCUT2D eigenvalue weighted by molar-refractivity contribution is 6.18. The van der Waals surface area contributed by atoms with Crippen molar-refractivity contribution in [2.75, 3.05) is 26.0 Å². The van der Waals surface area contributed by atoms with Gasteiger partial charge < -0.3 is 10.2 Å². The van der Waals surface area contributed by atoms with Crippen LogP contribution in [0.15, 0.2) is 0 Å². The Morgan fingerprint density at radius 2 is 2.13 bits per heavy atom. The smallest absolute Gasteiger partial charge is 0.221 e. The molecule has 0 aromatic carbocycles. The van der Waals surface area contributed by atoms with E-state index in [0.29, 0.717) is 12.3 Å². The molecule has 0 aromatic heterocycles. The van der Waals surface area contributed by atoms with Crippen molar-refractivity contribution in [3.05, 3.63) is 0 Å². The van der Waals surface area contributed by atoms with Gasteiger partial charge in [0, 0.05) is 31.4 Å². The van der Waals surface area contributed by atoms with Crippen molar-refractivity contribution in [1.29, 1.82) is 0 Å². The second-order valence-electron chi connectivity index (χ2n) is 4.21. The average molecular weight is 233 g/mol. The van der Waals surface area contributed by atoms with E-state index in [2.05, 4.69) is 17.3 Å². The lowest BCUT2D eigenvalue weighted by Gasteiger charge is -2.23. The van der Waals surface area contributed by atoms with Crippen LogP contribution in [-0.2, 0) is 4.79 Å². The summed E-state index contributed by atoms with van der Waals surface area (Å²) in [5, 5.41) is 2.87. The quantitative estimate of drug-likeness (QED) is 0.706. The van der Waals surface area contributed by atoms with E-state index < -0.39 is 0 Å². The van der Waals surface area contributed by atoms with Crippen molar-refractivity contribution in [3.8, 4) is 0 Å². The molecule has 1 rings (SSSR count). The minimum Gasteiger partial charge on any atom is -0.355 e. The highest BCUT2D eigenvalue weighted by Crippen LogP contribution is 2.21. The van der Waals surface area contributed by atoms with E-state index in [-0.39, 0.29) is 5.91 Å². The number of likely N-dealkylation sites (N-methyl/N-ethyl adjacent to an activating group) is 1. The Labute approximate surface area is 97.2 Å². The molecule has 0 radical (unpaired) electrons. The second-order valence-corrected chi connectivity index (χ2v) is 4.59. The Bertz CT molecular complexity index is 193. The van der Waals surface area contributed by atoms with Crippen LogP contribution in [0.25, 0.3) is 0 Å². The molecule has 1 N–H and O–H groups in total. The Morgan fingerprint density at radius 3 is 2.73 bits per heavy atom. The number of hydrogen-bond donors (Lipinski definition) is 1. The highest BCUT2D eigenvalue weighted by Gasteiger charge is 2.18. The standard InChI is InChI=1S/C11H21ClN2O/c1-14(10-4-2-3-5-10)9-8-13-11(15)6-7-12/h10H,2-9H2,1H3,(H,13,15). The molecule has 4 heteroatoms. The van der Waals surface area contributed by atoms with E-state index in [9.17, 15) is 4.79 Å². The Balaban J connectivity index is 2.05. The third-order valence-electron chi connectivity index (χ3n) is 3.06. The molecule has 0 heterocycles. The first-order valence-electron chi connectivity index (χ1n) is 5.77. The number of rotatable bonds is 6. The number of carbonyl (C=O) groups excluding carboxylic acids is 1. The summed E-state index contributed by atoms with van der Waals surface area (Å²) in [4.78, 5) is 13.5. The van der Waals surface area contributed by atoms with Gasteiger partial charge in [-0.2, -0.15) is 0 Å². The maximum absolute atomic E-state index is 11.1. The molecule has 0 saturated heterocycles. The molecular formula is C11H21ClN2O. The van der Waals surface area contributed by atoms with E-state index in [0.717, 1.165) is 19.1 Å². The van der Waals surface area contributed by atoms with Crippen molar-refractivity contribution in [2.24, 2.45) is 0 Å². The van der Waals surface area contributed by atoms with Crippen LogP contribution in [0.3, 0.4) is 0 Å². The largest absolute Gasteiger partial charge is 0.355 e. The highest BCUT2D eigenvalue weighted by atomic mass is 35.5. The maximum atomic E-state index is 11.1. The molecule has 0 unspecified atom stereocenters. The van der Waals surface area contributed by atoms with Gasteiger partial charge in [-0.3, -0.25) is 4.79 Å². The van der Waals surface area contributed by atoms with Crippen LogP contribution in [-0.4, -0.2) is 42.9 Å². The van der Waals surface area contributed by atoms with Crippen LogP contribution < -0.4 is 5.32 Å². The first-order valence-corrected chi connectivity index (χ1v) is 6.30. The fourth-order valence-corrected chi connectivity index (χ4v) is 2.25. The first kappa shape index (κ1) is 12.8. The van der Waals surface area contributed by atoms with Crippen LogP contribution in [0, 0.1) is 0 Å². The fraction of sp³-hybridized carbons (Fsp3) is 0.909. The number of carbonyl (C=O) groups is 1. The SMILES string of the molecule is CN(CCNC(=O)CCCl)C1CCCC1. The van der Waals surface area contributed by atoms with Crippen LogP contribution in [0.2, 0.25) is 0 Å². The molecule has 15 heavy (non-hydrogen) atoms. The molecule has 0 bridgehead atoms. The Kier molecular flexibility index (Phi) is 6.03. The van der Waals surface area contributed by atoms with Gasteiger partial charge in [0.05, 0.1) is 0 Å². The number of amides is 1. The molecule has 88 valence electrons. The zero-order chi connectivity index (χ0) is 11.1. The maximum Gasteiger partial charge on any atom is 0.221 e. The zero-order valence-corrected chi connectivity index (χ0v) is 10.2. The molecule has 0 aliphatic heterocycles. The molecule has 1 saturated carbocycles. The summed E-state index contributed by atoms with van der Waals surface area (Å²) in [6, 6.07) is 0.731. The Hall–Kier alpha value is -0.280. The van der Waals surface area contributed by atoms with E-state index in [1.165, 1.54) is 25.7 Å². The third-order valence-corrected chi connectivity index (χ3v) is 3.25. The number of nitrogens with one attached hydrogen (secondary N) is 1. The molecule has 0 atom stereocenters. The van der Waals surface area contributed by atoms with Gasteiger partial charge in [-0.25, -0.2) is 0 Å². The predicted molar refractivity (Wildman–Crippen MR) is 63.2 cm³/mol. The van der Waals surface area contributed by atoms with Crippen LogP contribution in [0.5, 0.6) is 0 Å². The summed E-state index contributed by atoms with van der Waals surface area (Å²) in [5.41, 5.74) is 0. The first-order chi connectivity index (χ1) is 7.24. The lowest BCUT2D eigenvalue weighted by Crippen LogP contribution is -2.37. The molecule has 1 amide bonds. The summed E-state index contributed by atoms with van der Waals surface area (Å²) in [6.45, 7) is 1.68. The number of nitrogens with zero attached hydrogens (tertiary/aromatic N) is 1. The topological polar surface area (TPSA) is 32.3 Å². The lowest BCUT2D eigenvalue weighted by atomic mass is 10.2. The molecule has 1 aliphatic rings. The summed E-state index contributed by atoms with van der Waals surface area (Å²) >= 11 is 5.47. The van der Waals surface area contributed by atoms with Crippen molar-refractivity contribution < 1.29 is 4.79 Å². The molecule has 0 aromatic rings. The van der Waals surface area contributed by atoms with Gasteiger partial charge in [0.15, 0.2) is 0 Å². The third kappa shape index (κ3) is 4.85. The normalized spacial score (nSPS) is 17.3. The Morgan fingerprint density at radius 1 is 1.47 bits per heavy atom. The number of alkyl halides is 1. The number of halogens is 1. The van der Waals surface area contributed by atoms with E-state index in [1.54, 1.807) is 0 Å². The van der Waals surface area contributed by atoms with Gasteiger partial charge in [0.1, 0.15) is 0 Å². The van der Waals surface area contributed by atoms with Crippen molar-refractivity contribution >= 4 is 17.5 Å². The van der Waals surface area contributed by atoms with Gasteiger partial charge in [0.25, 0.3) is 0 Å². The average Bonchev–Trinajstić information content (AvgIpc) is 2.70. The minimum atomic E-state index is 0.0600. The van der Waals surface area contributed by atoms with Crippen LogP contribution in [0.1, 0.15) is 32.1 Å². The molecule has 1 fully saturated rings. The van der Waals surface area contributed by atoms with Gasteiger partial charge in [-0.15, -0.1) is 11.6 Å².